The Morgan fingerprint density at radius 2 is 1.80 bits per heavy atom. The van der Waals surface area contributed by atoms with Crippen molar-refractivity contribution in [1.82, 2.24) is 14.9 Å². The molecule has 3 aromatic rings. The topological polar surface area (TPSA) is 126 Å². The molecule has 0 spiro atoms. The summed E-state index contributed by atoms with van der Waals surface area (Å²) >= 11 is 0. The highest BCUT2D eigenvalue weighted by molar-refractivity contribution is 6.03. The second kappa shape index (κ2) is 9.99. The summed E-state index contributed by atoms with van der Waals surface area (Å²) in [4.78, 5) is 49.6. The lowest BCUT2D eigenvalue weighted by Crippen LogP contribution is -2.63. The first-order valence-corrected chi connectivity index (χ1v) is 11.3. The van der Waals surface area contributed by atoms with Crippen LogP contribution in [0.3, 0.4) is 0 Å². The van der Waals surface area contributed by atoms with E-state index in [0.717, 1.165) is 10.5 Å². The van der Waals surface area contributed by atoms with Crippen molar-refractivity contribution in [2.75, 3.05) is 0 Å². The van der Waals surface area contributed by atoms with Gasteiger partial charge in [-0.1, -0.05) is 66.7 Å². The number of carboxylic acid groups (broad SMARTS) is 1. The van der Waals surface area contributed by atoms with Crippen molar-refractivity contribution in [2.24, 2.45) is 5.73 Å². The number of nitrogens with two attached hydrogens (primary N) is 1. The second-order valence-corrected chi connectivity index (χ2v) is 8.49. The van der Waals surface area contributed by atoms with Crippen LogP contribution in [0.4, 0.5) is 0 Å². The van der Waals surface area contributed by atoms with Gasteiger partial charge in [-0.2, -0.15) is 0 Å². The smallest absolute Gasteiger partial charge is 0.326 e. The molecular formula is C27H26N4O4. The van der Waals surface area contributed by atoms with Crippen LogP contribution in [0.25, 0.3) is 6.08 Å². The lowest BCUT2D eigenvalue weighted by molar-refractivity contribution is -0.147. The zero-order chi connectivity index (χ0) is 25.0. The molecule has 0 aliphatic heterocycles. The third-order valence-corrected chi connectivity index (χ3v) is 6.32. The van der Waals surface area contributed by atoms with Crippen molar-refractivity contribution < 1.29 is 19.5 Å². The van der Waals surface area contributed by atoms with Gasteiger partial charge in [0.25, 0.3) is 5.91 Å². The van der Waals surface area contributed by atoms with Gasteiger partial charge in [0, 0.05) is 18.8 Å². The van der Waals surface area contributed by atoms with Gasteiger partial charge in [-0.3, -0.25) is 14.6 Å². The van der Waals surface area contributed by atoms with Crippen LogP contribution in [0.5, 0.6) is 0 Å². The SMILES string of the molecule is C[C@@H](C(=O)O)N(C(=O)c1cnccn1)C1(C(=O)[C@@H](N)Cc2ccccc2)CC=Cc2ccccc21. The molecule has 1 heterocycles. The van der Waals surface area contributed by atoms with Crippen LogP contribution in [0, 0.1) is 0 Å². The summed E-state index contributed by atoms with van der Waals surface area (Å²) in [5, 5.41) is 10.0. The fraction of sp³-hybridized carbons (Fsp3) is 0.222. The van der Waals surface area contributed by atoms with Gasteiger partial charge in [0.1, 0.15) is 17.3 Å². The van der Waals surface area contributed by atoms with Crippen LogP contribution in [0.15, 0.2) is 79.3 Å². The average molecular weight is 471 g/mol. The minimum atomic E-state index is -1.65. The number of rotatable bonds is 8. The highest BCUT2D eigenvalue weighted by Crippen LogP contribution is 2.42. The van der Waals surface area contributed by atoms with Gasteiger partial charge in [0.2, 0.25) is 0 Å². The van der Waals surface area contributed by atoms with E-state index in [1.807, 2.05) is 48.5 Å². The van der Waals surface area contributed by atoms with E-state index < -0.39 is 35.3 Å². The third kappa shape index (κ3) is 4.48. The van der Waals surface area contributed by atoms with E-state index in [9.17, 15) is 19.5 Å². The summed E-state index contributed by atoms with van der Waals surface area (Å²) in [5.74, 6) is -2.40. The molecule has 2 aromatic carbocycles. The Hall–Kier alpha value is -4.17. The number of Topliss-reactive ketones (excluding diaryl/α,β-unsaturated/α-hetero) is 1. The Bertz CT molecular complexity index is 1260. The summed E-state index contributed by atoms with van der Waals surface area (Å²) in [6.45, 7) is 1.38. The van der Waals surface area contributed by atoms with E-state index in [1.165, 1.54) is 25.5 Å². The Morgan fingerprint density at radius 3 is 2.49 bits per heavy atom. The number of nitrogens with zero attached hydrogens (tertiary/aromatic N) is 3. The fourth-order valence-electron chi connectivity index (χ4n) is 4.66. The summed E-state index contributed by atoms with van der Waals surface area (Å²) in [6, 6.07) is 14.2. The number of carboxylic acids is 1. The first kappa shape index (κ1) is 24.0. The lowest BCUT2D eigenvalue weighted by Gasteiger charge is -2.47. The molecule has 178 valence electrons. The molecule has 0 saturated heterocycles. The van der Waals surface area contributed by atoms with Crippen molar-refractivity contribution in [3.63, 3.8) is 0 Å². The number of hydrogen-bond acceptors (Lipinski definition) is 6. The molecular weight excluding hydrogens is 444 g/mol. The molecule has 1 aromatic heterocycles. The Labute approximate surface area is 203 Å². The maximum Gasteiger partial charge on any atom is 0.326 e. The lowest BCUT2D eigenvalue weighted by atomic mass is 9.72. The Balaban J connectivity index is 1.90. The van der Waals surface area contributed by atoms with Crippen LogP contribution >= 0.6 is 0 Å². The fourth-order valence-corrected chi connectivity index (χ4v) is 4.66. The van der Waals surface area contributed by atoms with Crippen molar-refractivity contribution >= 4 is 23.7 Å². The van der Waals surface area contributed by atoms with E-state index in [1.54, 1.807) is 18.2 Å². The second-order valence-electron chi connectivity index (χ2n) is 8.49. The summed E-state index contributed by atoms with van der Waals surface area (Å²) in [6.07, 6.45) is 7.98. The average Bonchev–Trinajstić information content (AvgIpc) is 2.89. The normalized spacial score (nSPS) is 18.2. The van der Waals surface area contributed by atoms with E-state index in [2.05, 4.69) is 9.97 Å². The molecule has 8 nitrogen and oxygen atoms in total. The molecule has 3 N–H and O–H groups in total. The number of carbonyl (C=O) groups is 3. The van der Waals surface area contributed by atoms with Gasteiger partial charge in [-0.05, 0) is 30.0 Å². The number of amides is 1. The minimum absolute atomic E-state index is 0.0589. The summed E-state index contributed by atoms with van der Waals surface area (Å²) in [7, 11) is 0. The number of fused-ring (bicyclic) bond motifs is 1. The van der Waals surface area contributed by atoms with Crippen LogP contribution in [-0.2, 0) is 21.5 Å². The standard InChI is InChI=1S/C27H26N4O4/c1-18(26(34)35)31(25(33)23-17-29-14-15-30-23)27(13-7-11-20-10-5-6-12-21(20)27)24(32)22(28)16-19-8-3-2-4-9-19/h2-12,14-15,17-18,22H,13,16,28H2,1H3,(H,34,35)/t18-,22-,27?/m0/s1. The van der Waals surface area contributed by atoms with Crippen LogP contribution in [-0.4, -0.2) is 49.7 Å². The van der Waals surface area contributed by atoms with Crippen molar-refractivity contribution in [1.29, 1.82) is 0 Å². The molecule has 0 bridgehead atoms. The van der Waals surface area contributed by atoms with E-state index >= 15 is 0 Å². The van der Waals surface area contributed by atoms with E-state index in [-0.39, 0.29) is 18.5 Å². The van der Waals surface area contributed by atoms with Crippen molar-refractivity contribution in [2.45, 2.75) is 37.4 Å². The van der Waals surface area contributed by atoms with Gasteiger partial charge in [-0.25, -0.2) is 9.78 Å². The summed E-state index contributed by atoms with van der Waals surface area (Å²) < 4.78 is 0. The first-order valence-electron chi connectivity index (χ1n) is 11.3. The molecule has 4 rings (SSSR count). The first-order chi connectivity index (χ1) is 16.9. The highest BCUT2D eigenvalue weighted by atomic mass is 16.4. The van der Waals surface area contributed by atoms with Crippen LogP contribution in [0.2, 0.25) is 0 Å². The zero-order valence-corrected chi connectivity index (χ0v) is 19.2. The number of carbonyl (C=O) groups excluding carboxylic acids is 2. The molecule has 1 amide bonds. The van der Waals surface area contributed by atoms with Crippen molar-refractivity contribution in [3.05, 3.63) is 102 Å². The van der Waals surface area contributed by atoms with Crippen LogP contribution < -0.4 is 5.73 Å². The Kier molecular flexibility index (Phi) is 6.84. The number of aliphatic carboxylic acids is 1. The number of benzene rings is 2. The van der Waals surface area contributed by atoms with Gasteiger partial charge < -0.3 is 15.7 Å². The number of hydrogen-bond donors (Lipinski definition) is 2. The molecule has 0 fully saturated rings. The summed E-state index contributed by atoms with van der Waals surface area (Å²) in [5.41, 5.74) is 6.89. The van der Waals surface area contributed by atoms with Gasteiger partial charge in [-0.15, -0.1) is 0 Å². The molecule has 1 unspecified atom stereocenters. The predicted octanol–water partition coefficient (Wildman–Crippen LogP) is 2.84. The van der Waals surface area contributed by atoms with E-state index in [4.69, 9.17) is 5.73 Å². The minimum Gasteiger partial charge on any atom is -0.480 e. The van der Waals surface area contributed by atoms with Crippen LogP contribution in [0.1, 0.15) is 40.5 Å². The molecule has 0 radical (unpaired) electrons. The molecule has 35 heavy (non-hydrogen) atoms. The van der Waals surface area contributed by atoms with E-state index in [0.29, 0.717) is 11.1 Å². The predicted molar refractivity (Wildman–Crippen MR) is 130 cm³/mol. The van der Waals surface area contributed by atoms with Gasteiger partial charge in [0.05, 0.1) is 12.2 Å². The molecule has 1 aliphatic rings. The van der Waals surface area contributed by atoms with Gasteiger partial charge >= 0.3 is 5.97 Å². The highest BCUT2D eigenvalue weighted by Gasteiger charge is 2.53. The largest absolute Gasteiger partial charge is 0.480 e. The number of ketones is 1. The van der Waals surface area contributed by atoms with Crippen molar-refractivity contribution in [3.8, 4) is 0 Å². The molecule has 8 heteroatoms. The Morgan fingerprint density at radius 1 is 1.09 bits per heavy atom. The molecule has 3 atom stereocenters. The maximum atomic E-state index is 14.3. The van der Waals surface area contributed by atoms with Gasteiger partial charge in [0.15, 0.2) is 5.78 Å². The quantitative estimate of drug-likeness (QED) is 0.518. The third-order valence-electron chi connectivity index (χ3n) is 6.32. The zero-order valence-electron chi connectivity index (χ0n) is 19.2. The number of aromatic nitrogens is 2. The maximum absolute atomic E-state index is 14.3. The molecule has 1 aliphatic carbocycles. The molecule has 0 saturated carbocycles. The monoisotopic (exact) mass is 470 g/mol.